The summed E-state index contributed by atoms with van der Waals surface area (Å²) in [4.78, 5) is 36.0. The number of amides is 1. The van der Waals surface area contributed by atoms with Crippen molar-refractivity contribution in [3.63, 3.8) is 0 Å². The van der Waals surface area contributed by atoms with Gasteiger partial charge in [-0.15, -0.1) is 0 Å². The van der Waals surface area contributed by atoms with E-state index in [0.717, 1.165) is 0 Å². The van der Waals surface area contributed by atoms with Crippen LogP contribution in [0, 0.1) is 0 Å². The number of fused-ring (bicyclic) bond motifs is 1. The zero-order valence-corrected chi connectivity index (χ0v) is 18.2. The van der Waals surface area contributed by atoms with Gasteiger partial charge in [-0.25, -0.2) is 14.4 Å². The molecule has 0 saturated heterocycles. The number of nitrogens with one attached hydrogen (secondary N) is 1. The molecule has 174 valence electrons. The minimum absolute atomic E-state index is 0.0138. The van der Waals surface area contributed by atoms with Crippen molar-refractivity contribution in [2.75, 3.05) is 11.9 Å². The number of furan rings is 1. The summed E-state index contributed by atoms with van der Waals surface area (Å²) in [7, 11) is 0. The molecule has 9 heteroatoms. The summed E-state index contributed by atoms with van der Waals surface area (Å²) in [6, 6.07) is 18.3. The molecule has 9 nitrogen and oxygen atoms in total. The molecule has 0 saturated carbocycles. The Morgan fingerprint density at radius 3 is 2.53 bits per heavy atom. The average Bonchev–Trinajstić information content (AvgIpc) is 3.31. The Bertz CT molecular complexity index is 1360. The third-order valence-corrected chi connectivity index (χ3v) is 4.70. The quantitative estimate of drug-likeness (QED) is 0.290. The lowest BCUT2D eigenvalue weighted by Crippen LogP contribution is -2.13. The van der Waals surface area contributed by atoms with E-state index in [4.69, 9.17) is 23.0 Å². The number of hydrogen-bond acceptors (Lipinski definition) is 8. The summed E-state index contributed by atoms with van der Waals surface area (Å²) in [6.45, 7) is 1.89. The molecule has 0 aliphatic rings. The van der Waals surface area contributed by atoms with Gasteiger partial charge < -0.3 is 23.0 Å². The van der Waals surface area contributed by atoms with E-state index >= 15 is 0 Å². The molecule has 0 aliphatic carbocycles. The fraction of sp³-hybridized carbons (Fsp3) is 0.160. The Kier molecular flexibility index (Phi) is 6.92. The van der Waals surface area contributed by atoms with Crippen LogP contribution in [0.1, 0.15) is 28.8 Å². The summed E-state index contributed by atoms with van der Waals surface area (Å²) < 4.78 is 26.5. The Morgan fingerprint density at radius 1 is 0.912 bits per heavy atom. The molecule has 0 bridgehead atoms. The van der Waals surface area contributed by atoms with Gasteiger partial charge in [-0.05, 0) is 43.3 Å². The van der Waals surface area contributed by atoms with Crippen molar-refractivity contribution in [2.24, 2.45) is 0 Å². The second-order valence-corrected chi connectivity index (χ2v) is 7.09. The predicted octanol–water partition coefficient (Wildman–Crippen LogP) is 4.89. The Hall–Kier alpha value is -4.53. The zero-order chi connectivity index (χ0) is 23.9. The largest absolute Gasteiger partial charge is 0.486 e. The topological polar surface area (TPSA) is 117 Å². The number of ether oxygens (including phenoxy) is 3. The molecule has 2 aromatic heterocycles. The molecule has 4 aromatic rings. The monoisotopic (exact) mass is 463 g/mol. The summed E-state index contributed by atoms with van der Waals surface area (Å²) >= 11 is 0. The first-order valence-electron chi connectivity index (χ1n) is 10.5. The van der Waals surface area contributed by atoms with E-state index in [-0.39, 0.29) is 31.2 Å². The third kappa shape index (κ3) is 5.63. The number of benzene rings is 2. The number of rotatable bonds is 8. The Labute approximate surface area is 193 Å². The maximum atomic E-state index is 12.4. The van der Waals surface area contributed by atoms with Gasteiger partial charge in [-0.3, -0.25) is 5.32 Å². The van der Waals surface area contributed by atoms with E-state index < -0.39 is 17.7 Å². The van der Waals surface area contributed by atoms with Crippen molar-refractivity contribution >= 4 is 28.7 Å². The minimum atomic E-state index is -0.687. The number of carbonyl (C=O) groups is 2. The van der Waals surface area contributed by atoms with Gasteiger partial charge in [0.2, 0.25) is 5.76 Å². The van der Waals surface area contributed by atoms with E-state index in [1.54, 1.807) is 25.1 Å². The second-order valence-electron chi connectivity index (χ2n) is 7.09. The highest BCUT2D eigenvalue weighted by Crippen LogP contribution is 2.23. The molecule has 4 rings (SSSR count). The minimum Gasteiger partial charge on any atom is -0.486 e. The first-order chi connectivity index (χ1) is 16.5. The van der Waals surface area contributed by atoms with Gasteiger partial charge in [0.05, 0.1) is 6.61 Å². The van der Waals surface area contributed by atoms with Crippen LogP contribution in [0.4, 0.5) is 10.5 Å². The molecule has 0 radical (unpaired) electrons. The molecular formula is C25H21NO8. The maximum absolute atomic E-state index is 12.4. The summed E-state index contributed by atoms with van der Waals surface area (Å²) in [5, 5.41) is 3.09. The van der Waals surface area contributed by atoms with Crippen molar-refractivity contribution in [3.05, 3.63) is 94.2 Å². The molecule has 2 heterocycles. The predicted molar refractivity (Wildman–Crippen MR) is 122 cm³/mol. The molecule has 34 heavy (non-hydrogen) atoms. The van der Waals surface area contributed by atoms with Gasteiger partial charge >= 0.3 is 17.7 Å². The van der Waals surface area contributed by atoms with Crippen LogP contribution < -0.4 is 15.7 Å². The molecule has 1 N–H and O–H groups in total. The van der Waals surface area contributed by atoms with Crippen LogP contribution in [0.15, 0.2) is 80.4 Å². The molecule has 0 unspecified atom stereocenters. The number of para-hydroxylation sites is 1. The second kappa shape index (κ2) is 10.4. The first-order valence-corrected chi connectivity index (χ1v) is 10.5. The van der Waals surface area contributed by atoms with Crippen molar-refractivity contribution < 1.29 is 32.6 Å². The lowest BCUT2D eigenvalue weighted by molar-refractivity contribution is 0.0433. The summed E-state index contributed by atoms with van der Waals surface area (Å²) in [5.41, 5.74) is 0.446. The number of anilines is 1. The Balaban J connectivity index is 1.41. The molecule has 0 aliphatic heterocycles. The van der Waals surface area contributed by atoms with Crippen LogP contribution in [0.5, 0.6) is 5.75 Å². The third-order valence-electron chi connectivity index (χ3n) is 4.70. The standard InChI is InChI=1S/C25H21NO8/c1-2-30-25(29)26-17-8-10-20-16(12-23(27)34-22(20)13-17)14-32-24(28)21-11-9-19(33-21)15-31-18-6-4-3-5-7-18/h3-13H,2,14-15H2,1H3,(H,26,29). The maximum Gasteiger partial charge on any atom is 0.411 e. The van der Waals surface area contributed by atoms with Gasteiger partial charge in [0.25, 0.3) is 0 Å². The molecular weight excluding hydrogens is 442 g/mol. The van der Waals surface area contributed by atoms with Crippen LogP contribution in [0.3, 0.4) is 0 Å². The van der Waals surface area contributed by atoms with Crippen molar-refractivity contribution in [3.8, 4) is 5.75 Å². The number of esters is 1. The van der Waals surface area contributed by atoms with Crippen molar-refractivity contribution in [1.82, 2.24) is 0 Å². The highest BCUT2D eigenvalue weighted by Gasteiger charge is 2.15. The molecule has 2 aromatic carbocycles. The lowest BCUT2D eigenvalue weighted by atomic mass is 10.1. The van der Waals surface area contributed by atoms with Crippen molar-refractivity contribution in [1.29, 1.82) is 0 Å². The fourth-order valence-corrected chi connectivity index (χ4v) is 3.16. The van der Waals surface area contributed by atoms with Gasteiger partial charge in [0.15, 0.2) is 0 Å². The van der Waals surface area contributed by atoms with Crippen LogP contribution in [0.2, 0.25) is 0 Å². The van der Waals surface area contributed by atoms with Crippen LogP contribution in [-0.2, 0) is 22.7 Å². The van der Waals surface area contributed by atoms with E-state index in [1.165, 1.54) is 18.2 Å². The molecule has 0 fully saturated rings. The van der Waals surface area contributed by atoms with Gasteiger partial charge in [0.1, 0.15) is 30.3 Å². The lowest BCUT2D eigenvalue weighted by Gasteiger charge is -2.09. The molecule has 1 amide bonds. The highest BCUT2D eigenvalue weighted by molar-refractivity contribution is 5.90. The van der Waals surface area contributed by atoms with E-state index in [1.807, 2.05) is 30.3 Å². The summed E-state index contributed by atoms with van der Waals surface area (Å²) in [6.07, 6.45) is -0.624. The van der Waals surface area contributed by atoms with Crippen LogP contribution in [0.25, 0.3) is 11.0 Å². The Morgan fingerprint density at radius 2 is 1.74 bits per heavy atom. The summed E-state index contributed by atoms with van der Waals surface area (Å²) in [5.74, 6) is 0.467. The normalized spacial score (nSPS) is 10.6. The fourth-order valence-electron chi connectivity index (χ4n) is 3.16. The van der Waals surface area contributed by atoms with Crippen molar-refractivity contribution in [2.45, 2.75) is 20.1 Å². The zero-order valence-electron chi connectivity index (χ0n) is 18.2. The van der Waals surface area contributed by atoms with Crippen LogP contribution in [-0.4, -0.2) is 18.7 Å². The smallest absolute Gasteiger partial charge is 0.411 e. The number of carbonyl (C=O) groups excluding carboxylic acids is 2. The first kappa shape index (κ1) is 22.7. The van der Waals surface area contributed by atoms with E-state index in [9.17, 15) is 14.4 Å². The number of hydrogen-bond donors (Lipinski definition) is 1. The van der Waals surface area contributed by atoms with E-state index in [0.29, 0.717) is 28.1 Å². The van der Waals surface area contributed by atoms with E-state index in [2.05, 4.69) is 5.32 Å². The SMILES string of the molecule is CCOC(=O)Nc1ccc2c(COC(=O)c3ccc(COc4ccccc4)o3)cc(=O)oc2c1. The van der Waals surface area contributed by atoms with Gasteiger partial charge in [0, 0.05) is 28.8 Å². The highest BCUT2D eigenvalue weighted by atomic mass is 16.6. The molecule has 0 atom stereocenters. The van der Waals surface area contributed by atoms with Crippen LogP contribution >= 0.6 is 0 Å². The van der Waals surface area contributed by atoms with Gasteiger partial charge in [-0.1, -0.05) is 18.2 Å². The molecule has 0 spiro atoms. The average molecular weight is 463 g/mol. The van der Waals surface area contributed by atoms with Gasteiger partial charge in [-0.2, -0.15) is 0 Å².